The number of carboxylic acid groups (broad SMARTS) is 1. The lowest BCUT2D eigenvalue weighted by molar-refractivity contribution is -0.137. The summed E-state index contributed by atoms with van der Waals surface area (Å²) in [6, 6.07) is 6.24. The van der Waals surface area contributed by atoms with Gasteiger partial charge in [-0.05, 0) is 44.0 Å². The number of aliphatic carboxylic acids is 1. The Morgan fingerprint density at radius 3 is 2.53 bits per heavy atom. The summed E-state index contributed by atoms with van der Waals surface area (Å²) in [7, 11) is 0. The molecule has 1 aliphatic carbocycles. The first kappa shape index (κ1) is 24.5. The van der Waals surface area contributed by atoms with Crippen LogP contribution in [-0.4, -0.2) is 61.5 Å². The van der Waals surface area contributed by atoms with Crippen molar-refractivity contribution in [1.29, 1.82) is 0 Å². The number of unbranched alkanes of at least 4 members (excludes halogenated alkanes) is 3. The number of aliphatic hydroxyl groups is 2. The van der Waals surface area contributed by atoms with E-state index in [1.807, 2.05) is 0 Å². The molecule has 2 rings (SSSR count). The predicted octanol–water partition coefficient (Wildman–Crippen LogP) is 3.00. The molecule has 4 N–H and O–H groups in total. The van der Waals surface area contributed by atoms with Crippen molar-refractivity contribution >= 4 is 23.5 Å². The number of ketones is 1. The number of carbonyl (C=O) groups is 2. The van der Waals surface area contributed by atoms with E-state index in [0.29, 0.717) is 24.3 Å². The molecule has 4 atom stereocenters. The maximum atomic E-state index is 12.3. The molecule has 0 amide bonds. The van der Waals surface area contributed by atoms with Crippen molar-refractivity contribution in [3.05, 3.63) is 24.3 Å². The van der Waals surface area contributed by atoms with Gasteiger partial charge >= 0.3 is 5.97 Å². The largest absolute Gasteiger partial charge is 0.508 e. The van der Waals surface area contributed by atoms with Crippen LogP contribution in [-0.2, 0) is 9.59 Å². The molecule has 168 valence electrons. The number of rotatable bonds is 13. The van der Waals surface area contributed by atoms with Crippen molar-refractivity contribution in [2.45, 2.75) is 68.8 Å². The number of phenolic OH excluding ortho intramolecular Hbond substituents is 1. The number of hydrogen-bond donors (Lipinski definition) is 4. The molecule has 0 radical (unpaired) electrons. The van der Waals surface area contributed by atoms with Crippen molar-refractivity contribution in [2.75, 3.05) is 12.4 Å². The first-order valence-electron chi connectivity index (χ1n) is 10.4. The summed E-state index contributed by atoms with van der Waals surface area (Å²) in [5, 5.41) is 38.7. The Morgan fingerprint density at radius 2 is 1.87 bits per heavy atom. The smallest absolute Gasteiger partial charge is 0.303 e. The summed E-state index contributed by atoms with van der Waals surface area (Å²) in [6.07, 6.45) is 3.41. The molecule has 2 unspecified atom stereocenters. The van der Waals surface area contributed by atoms with Gasteiger partial charge in [0.1, 0.15) is 29.5 Å². The van der Waals surface area contributed by atoms with Crippen LogP contribution < -0.4 is 4.74 Å². The standard InChI is InChI=1S/C22H32O7S/c1-22(28,13-29-16-10-8-15(23)9-11-16)14-30-21-17(18(24)12-19(21)25)6-4-2-3-5-7-20(26)27/h8-11,17,19,21,23,25,28H,2-7,12-14H2,1H3,(H,26,27)/t17-,19?,21+,22?/m0/s1. The van der Waals surface area contributed by atoms with E-state index in [4.69, 9.17) is 9.84 Å². The van der Waals surface area contributed by atoms with Crippen LogP contribution in [0.2, 0.25) is 0 Å². The quantitative estimate of drug-likeness (QED) is 0.345. The van der Waals surface area contributed by atoms with E-state index in [0.717, 1.165) is 19.3 Å². The molecule has 7 nitrogen and oxygen atoms in total. The van der Waals surface area contributed by atoms with Crippen molar-refractivity contribution in [1.82, 2.24) is 0 Å². The summed E-state index contributed by atoms with van der Waals surface area (Å²) >= 11 is 1.40. The Bertz CT molecular complexity index is 689. The van der Waals surface area contributed by atoms with Crippen LogP contribution in [0.3, 0.4) is 0 Å². The van der Waals surface area contributed by atoms with Crippen LogP contribution in [0.25, 0.3) is 0 Å². The lowest BCUT2D eigenvalue weighted by Gasteiger charge is -2.27. The number of Topliss-reactive ketones (excluding diaryl/α,β-unsaturated/α-hetero) is 1. The third-order valence-corrected chi connectivity index (χ3v) is 7.04. The van der Waals surface area contributed by atoms with Gasteiger partial charge in [-0.15, -0.1) is 0 Å². The van der Waals surface area contributed by atoms with Crippen molar-refractivity contribution in [3.63, 3.8) is 0 Å². The molecule has 1 aliphatic rings. The van der Waals surface area contributed by atoms with Gasteiger partial charge in [0.15, 0.2) is 0 Å². The molecular weight excluding hydrogens is 408 g/mol. The Labute approximate surface area is 181 Å². The van der Waals surface area contributed by atoms with E-state index in [1.165, 1.54) is 23.9 Å². The molecule has 0 spiro atoms. The van der Waals surface area contributed by atoms with Gasteiger partial charge in [-0.2, -0.15) is 11.8 Å². The number of carbonyl (C=O) groups excluding carboxylic acids is 1. The molecular formula is C22H32O7S. The second kappa shape index (κ2) is 11.6. The molecule has 0 aliphatic heterocycles. The van der Waals surface area contributed by atoms with Crippen molar-refractivity contribution < 1.29 is 34.8 Å². The van der Waals surface area contributed by atoms with Gasteiger partial charge in [0.2, 0.25) is 0 Å². The second-order valence-electron chi connectivity index (χ2n) is 8.25. The van der Waals surface area contributed by atoms with Gasteiger partial charge < -0.3 is 25.2 Å². The first-order chi connectivity index (χ1) is 14.2. The van der Waals surface area contributed by atoms with Crippen molar-refractivity contribution in [3.8, 4) is 11.5 Å². The molecule has 1 saturated carbocycles. The number of aliphatic hydroxyl groups excluding tert-OH is 1. The van der Waals surface area contributed by atoms with Crippen LogP contribution in [0.1, 0.15) is 51.9 Å². The van der Waals surface area contributed by atoms with E-state index < -0.39 is 17.7 Å². The van der Waals surface area contributed by atoms with Gasteiger partial charge in [-0.1, -0.05) is 19.3 Å². The number of thioether (sulfide) groups is 1. The Morgan fingerprint density at radius 1 is 1.20 bits per heavy atom. The second-order valence-corrected chi connectivity index (χ2v) is 9.41. The number of benzene rings is 1. The highest BCUT2D eigenvalue weighted by atomic mass is 32.2. The van der Waals surface area contributed by atoms with Crippen molar-refractivity contribution in [2.24, 2.45) is 5.92 Å². The van der Waals surface area contributed by atoms with Gasteiger partial charge in [0.25, 0.3) is 0 Å². The minimum atomic E-state index is -1.14. The highest BCUT2D eigenvalue weighted by Gasteiger charge is 2.42. The molecule has 0 aromatic heterocycles. The van der Waals surface area contributed by atoms with E-state index in [9.17, 15) is 24.9 Å². The molecule has 0 saturated heterocycles. The Kier molecular flexibility index (Phi) is 9.45. The fourth-order valence-electron chi connectivity index (χ4n) is 3.57. The average molecular weight is 441 g/mol. The third kappa shape index (κ3) is 8.16. The van der Waals surface area contributed by atoms with Crippen LogP contribution in [0.4, 0.5) is 0 Å². The minimum Gasteiger partial charge on any atom is -0.508 e. The average Bonchev–Trinajstić information content (AvgIpc) is 2.95. The number of phenols is 1. The lowest BCUT2D eigenvalue weighted by atomic mass is 9.98. The van der Waals surface area contributed by atoms with E-state index >= 15 is 0 Å². The van der Waals surface area contributed by atoms with E-state index in [2.05, 4.69) is 0 Å². The monoisotopic (exact) mass is 440 g/mol. The van der Waals surface area contributed by atoms with Crippen LogP contribution in [0.5, 0.6) is 11.5 Å². The van der Waals surface area contributed by atoms with Crippen LogP contribution in [0.15, 0.2) is 24.3 Å². The number of carboxylic acids is 1. The summed E-state index contributed by atoms with van der Waals surface area (Å²) in [5.74, 6) is 0.0214. The van der Waals surface area contributed by atoms with Crippen LogP contribution >= 0.6 is 11.8 Å². The number of hydrogen-bond acceptors (Lipinski definition) is 7. The fraction of sp³-hybridized carbons (Fsp3) is 0.636. The summed E-state index contributed by atoms with van der Waals surface area (Å²) in [4.78, 5) is 22.9. The highest BCUT2D eigenvalue weighted by molar-refractivity contribution is 8.00. The van der Waals surface area contributed by atoms with E-state index in [1.54, 1.807) is 19.1 Å². The predicted molar refractivity (Wildman–Crippen MR) is 115 cm³/mol. The highest BCUT2D eigenvalue weighted by Crippen LogP contribution is 2.37. The minimum absolute atomic E-state index is 0.0514. The summed E-state index contributed by atoms with van der Waals surface area (Å²) < 4.78 is 5.59. The Balaban J connectivity index is 1.78. The molecule has 1 aromatic carbocycles. The molecule has 8 heteroatoms. The lowest BCUT2D eigenvalue weighted by Crippen LogP contribution is -2.37. The van der Waals surface area contributed by atoms with E-state index in [-0.39, 0.29) is 42.1 Å². The SMILES string of the molecule is CC(O)(COc1ccc(O)cc1)CS[C@H]1C(O)CC(=O)[C@@H]1CCCCCCC(=O)O. The zero-order chi connectivity index (χ0) is 22.1. The maximum Gasteiger partial charge on any atom is 0.303 e. The molecule has 0 heterocycles. The third-order valence-electron chi connectivity index (χ3n) is 5.23. The molecule has 1 fully saturated rings. The first-order valence-corrected chi connectivity index (χ1v) is 11.4. The number of ether oxygens (including phenoxy) is 1. The fourth-order valence-corrected chi connectivity index (χ4v) is 5.04. The molecule has 30 heavy (non-hydrogen) atoms. The summed E-state index contributed by atoms with van der Waals surface area (Å²) in [6.45, 7) is 1.71. The molecule has 0 bridgehead atoms. The normalized spacial score (nSPS) is 23.3. The number of aromatic hydroxyl groups is 1. The van der Waals surface area contributed by atoms with Crippen LogP contribution in [0, 0.1) is 5.92 Å². The maximum absolute atomic E-state index is 12.3. The summed E-state index contributed by atoms with van der Waals surface area (Å²) in [5.41, 5.74) is -1.14. The van der Waals surface area contributed by atoms with Gasteiger partial charge in [-0.3, -0.25) is 9.59 Å². The van der Waals surface area contributed by atoms with Gasteiger partial charge in [-0.25, -0.2) is 0 Å². The zero-order valence-corrected chi connectivity index (χ0v) is 18.1. The topological polar surface area (TPSA) is 124 Å². The molecule has 1 aromatic rings. The zero-order valence-electron chi connectivity index (χ0n) is 17.3. The van der Waals surface area contributed by atoms with Gasteiger partial charge in [0.05, 0.1) is 6.10 Å². The van der Waals surface area contributed by atoms with Gasteiger partial charge in [0, 0.05) is 29.8 Å². The Hall–Kier alpha value is -1.77.